The fourth-order valence-electron chi connectivity index (χ4n) is 2.54. The van der Waals surface area contributed by atoms with E-state index in [-0.39, 0.29) is 5.69 Å². The summed E-state index contributed by atoms with van der Waals surface area (Å²) in [5.41, 5.74) is 2.11. The Hall–Kier alpha value is -3.81. The fourth-order valence-corrected chi connectivity index (χ4v) is 2.54. The minimum atomic E-state index is -0.436. The van der Waals surface area contributed by atoms with Gasteiger partial charge in [-0.2, -0.15) is 5.10 Å². The summed E-state index contributed by atoms with van der Waals surface area (Å²) in [6, 6.07) is 15.9. The molecule has 0 saturated heterocycles. The number of non-ortho nitro benzene ring substituents is 1. The standard InChI is InChI=1S/C17H12N6O2/c24-23(25)14-8-4-5-12(9-14)21-16-15-10-20-22(17(15)19-11-18-16)13-6-2-1-3-7-13/h1-11H,(H,18,19,21). The second-order valence-corrected chi connectivity index (χ2v) is 5.28. The molecule has 0 amide bonds. The van der Waals surface area contributed by atoms with Crippen molar-refractivity contribution in [1.82, 2.24) is 19.7 Å². The van der Waals surface area contributed by atoms with Gasteiger partial charge in [0.05, 0.1) is 22.2 Å². The first-order valence-corrected chi connectivity index (χ1v) is 7.48. The van der Waals surface area contributed by atoms with Gasteiger partial charge in [-0.3, -0.25) is 10.1 Å². The van der Waals surface area contributed by atoms with Gasteiger partial charge in [0.2, 0.25) is 0 Å². The van der Waals surface area contributed by atoms with E-state index in [2.05, 4.69) is 20.4 Å². The van der Waals surface area contributed by atoms with Crippen LogP contribution in [0.5, 0.6) is 0 Å². The lowest BCUT2D eigenvalue weighted by Gasteiger charge is -2.07. The van der Waals surface area contributed by atoms with Crippen LogP contribution in [0.25, 0.3) is 16.7 Å². The predicted octanol–water partition coefficient (Wildman–Crippen LogP) is 3.47. The first-order valence-electron chi connectivity index (χ1n) is 7.48. The van der Waals surface area contributed by atoms with Crippen LogP contribution in [-0.2, 0) is 0 Å². The third-order valence-corrected chi connectivity index (χ3v) is 3.69. The van der Waals surface area contributed by atoms with E-state index in [1.54, 1.807) is 23.0 Å². The van der Waals surface area contributed by atoms with Gasteiger partial charge >= 0.3 is 0 Å². The van der Waals surface area contributed by atoms with Crippen LogP contribution < -0.4 is 5.32 Å². The maximum absolute atomic E-state index is 10.9. The van der Waals surface area contributed by atoms with E-state index >= 15 is 0 Å². The van der Waals surface area contributed by atoms with E-state index in [0.717, 1.165) is 11.1 Å². The van der Waals surface area contributed by atoms with Gasteiger partial charge in [-0.1, -0.05) is 24.3 Å². The van der Waals surface area contributed by atoms with Gasteiger partial charge in [0.1, 0.15) is 12.1 Å². The van der Waals surface area contributed by atoms with Crippen LogP contribution in [0.1, 0.15) is 0 Å². The molecule has 2 aromatic carbocycles. The summed E-state index contributed by atoms with van der Waals surface area (Å²) < 4.78 is 1.72. The number of nitro benzene ring substituents is 1. The highest BCUT2D eigenvalue weighted by Gasteiger charge is 2.12. The molecule has 8 heteroatoms. The number of benzene rings is 2. The Balaban J connectivity index is 1.75. The van der Waals surface area contributed by atoms with Crippen LogP contribution in [-0.4, -0.2) is 24.7 Å². The Morgan fingerprint density at radius 3 is 2.68 bits per heavy atom. The summed E-state index contributed by atoms with van der Waals surface area (Å²) in [7, 11) is 0. The van der Waals surface area contributed by atoms with Gasteiger partial charge in [-0.25, -0.2) is 14.6 Å². The van der Waals surface area contributed by atoms with Crippen molar-refractivity contribution in [3.63, 3.8) is 0 Å². The third-order valence-electron chi connectivity index (χ3n) is 3.69. The van der Waals surface area contributed by atoms with Gasteiger partial charge in [0, 0.05) is 17.8 Å². The maximum atomic E-state index is 10.9. The molecule has 0 saturated carbocycles. The highest BCUT2D eigenvalue weighted by atomic mass is 16.6. The molecule has 0 radical (unpaired) electrons. The molecule has 2 aromatic heterocycles. The Labute approximate surface area is 141 Å². The number of anilines is 2. The van der Waals surface area contributed by atoms with Crippen LogP contribution >= 0.6 is 0 Å². The van der Waals surface area contributed by atoms with Crippen molar-refractivity contribution in [1.29, 1.82) is 0 Å². The Morgan fingerprint density at radius 1 is 1.04 bits per heavy atom. The summed E-state index contributed by atoms with van der Waals surface area (Å²) in [4.78, 5) is 19.0. The van der Waals surface area contributed by atoms with Crippen LogP contribution in [0.3, 0.4) is 0 Å². The lowest BCUT2D eigenvalue weighted by molar-refractivity contribution is -0.384. The molecule has 4 aromatic rings. The van der Waals surface area contributed by atoms with E-state index in [1.165, 1.54) is 18.5 Å². The smallest absolute Gasteiger partial charge is 0.271 e. The van der Waals surface area contributed by atoms with Crippen molar-refractivity contribution in [3.8, 4) is 5.69 Å². The van der Waals surface area contributed by atoms with Crippen LogP contribution in [0.15, 0.2) is 67.1 Å². The molecule has 1 N–H and O–H groups in total. The number of fused-ring (bicyclic) bond motifs is 1. The van der Waals surface area contributed by atoms with Gasteiger partial charge in [0.15, 0.2) is 5.65 Å². The van der Waals surface area contributed by atoms with E-state index < -0.39 is 4.92 Å². The number of para-hydroxylation sites is 1. The SMILES string of the molecule is O=[N+]([O-])c1cccc(Nc2ncnc3c2cnn3-c2ccccc2)c1. The quantitative estimate of drug-likeness (QED) is 0.454. The number of nitro groups is 1. The van der Waals surface area contributed by atoms with Crippen molar-refractivity contribution >= 4 is 28.2 Å². The first kappa shape index (κ1) is 14.8. The van der Waals surface area contributed by atoms with Crippen LogP contribution in [0, 0.1) is 10.1 Å². The van der Waals surface area contributed by atoms with E-state index in [9.17, 15) is 10.1 Å². The molecular weight excluding hydrogens is 320 g/mol. The van der Waals surface area contributed by atoms with E-state index in [0.29, 0.717) is 17.2 Å². The number of rotatable bonds is 4. The van der Waals surface area contributed by atoms with E-state index in [1.807, 2.05) is 30.3 Å². The molecule has 2 heterocycles. The average Bonchev–Trinajstić information content (AvgIpc) is 3.08. The summed E-state index contributed by atoms with van der Waals surface area (Å²) in [5, 5.41) is 19.1. The monoisotopic (exact) mass is 332 g/mol. The minimum absolute atomic E-state index is 0.00952. The van der Waals surface area contributed by atoms with Crippen molar-refractivity contribution in [3.05, 3.63) is 77.2 Å². The zero-order valence-electron chi connectivity index (χ0n) is 12.9. The van der Waals surface area contributed by atoms with Crippen molar-refractivity contribution in [2.24, 2.45) is 0 Å². The summed E-state index contributed by atoms with van der Waals surface area (Å²) in [6.07, 6.45) is 3.10. The van der Waals surface area contributed by atoms with E-state index in [4.69, 9.17) is 0 Å². The van der Waals surface area contributed by atoms with Gasteiger partial charge in [0.25, 0.3) is 5.69 Å². The topological polar surface area (TPSA) is 98.8 Å². The van der Waals surface area contributed by atoms with Crippen molar-refractivity contribution < 1.29 is 4.92 Å². The van der Waals surface area contributed by atoms with Crippen LogP contribution in [0.4, 0.5) is 17.2 Å². The van der Waals surface area contributed by atoms with Gasteiger partial charge in [-0.05, 0) is 18.2 Å². The number of nitrogens with zero attached hydrogens (tertiary/aromatic N) is 5. The number of nitrogens with one attached hydrogen (secondary N) is 1. The summed E-state index contributed by atoms with van der Waals surface area (Å²) >= 11 is 0. The summed E-state index contributed by atoms with van der Waals surface area (Å²) in [5.74, 6) is 0.535. The predicted molar refractivity (Wildman–Crippen MR) is 93.0 cm³/mol. The molecule has 4 rings (SSSR count). The molecule has 0 aliphatic rings. The molecule has 0 spiro atoms. The normalized spacial score (nSPS) is 10.7. The van der Waals surface area contributed by atoms with Gasteiger partial charge < -0.3 is 5.32 Å². The lowest BCUT2D eigenvalue weighted by atomic mass is 10.2. The van der Waals surface area contributed by atoms with Gasteiger partial charge in [-0.15, -0.1) is 0 Å². The summed E-state index contributed by atoms with van der Waals surface area (Å²) in [6.45, 7) is 0. The first-order chi connectivity index (χ1) is 12.2. The minimum Gasteiger partial charge on any atom is -0.339 e. The molecule has 0 unspecified atom stereocenters. The molecular formula is C17H12N6O2. The molecule has 8 nitrogen and oxygen atoms in total. The largest absolute Gasteiger partial charge is 0.339 e. The second kappa shape index (κ2) is 6.00. The lowest BCUT2D eigenvalue weighted by Crippen LogP contribution is -1.99. The highest BCUT2D eigenvalue weighted by Crippen LogP contribution is 2.26. The third kappa shape index (κ3) is 2.76. The molecule has 0 aliphatic heterocycles. The highest BCUT2D eigenvalue weighted by molar-refractivity contribution is 5.89. The number of hydrogen-bond donors (Lipinski definition) is 1. The molecule has 25 heavy (non-hydrogen) atoms. The van der Waals surface area contributed by atoms with Crippen LogP contribution in [0.2, 0.25) is 0 Å². The Bertz CT molecular complexity index is 1060. The molecule has 0 atom stereocenters. The molecule has 0 fully saturated rings. The zero-order chi connectivity index (χ0) is 17.2. The van der Waals surface area contributed by atoms with Crippen molar-refractivity contribution in [2.45, 2.75) is 0 Å². The second-order valence-electron chi connectivity index (χ2n) is 5.28. The average molecular weight is 332 g/mol. The Kier molecular flexibility index (Phi) is 3.55. The molecule has 122 valence electrons. The Morgan fingerprint density at radius 2 is 1.88 bits per heavy atom. The number of hydrogen-bond acceptors (Lipinski definition) is 6. The molecule has 0 aliphatic carbocycles. The fraction of sp³-hybridized carbons (Fsp3) is 0. The van der Waals surface area contributed by atoms with Crippen molar-refractivity contribution in [2.75, 3.05) is 5.32 Å². The zero-order valence-corrected chi connectivity index (χ0v) is 12.9. The molecule has 0 bridgehead atoms. The number of aromatic nitrogens is 4. The maximum Gasteiger partial charge on any atom is 0.271 e.